The zero-order chi connectivity index (χ0) is 22.3. The van der Waals surface area contributed by atoms with Gasteiger partial charge in [0.05, 0.1) is 19.8 Å². The highest BCUT2D eigenvalue weighted by atomic mass is 35.5. The summed E-state index contributed by atoms with van der Waals surface area (Å²) < 4.78 is 31.7. The number of likely N-dealkylation sites (N-methyl/N-ethyl adjacent to an activating group) is 1. The molecule has 31 heavy (non-hydrogen) atoms. The number of benzene rings is 2. The van der Waals surface area contributed by atoms with Crippen LogP contribution in [0.2, 0.25) is 5.02 Å². The van der Waals surface area contributed by atoms with E-state index in [1.807, 2.05) is 24.3 Å². The normalized spacial score (nSPS) is 14.9. The summed E-state index contributed by atoms with van der Waals surface area (Å²) in [4.78, 5) is 14.7. The van der Waals surface area contributed by atoms with Crippen LogP contribution < -0.4 is 10.2 Å². The first-order valence-corrected chi connectivity index (χ1v) is 11.9. The van der Waals surface area contributed by atoms with Crippen LogP contribution in [0, 0.1) is 0 Å². The van der Waals surface area contributed by atoms with Crippen molar-refractivity contribution < 1.29 is 17.9 Å². The van der Waals surface area contributed by atoms with Crippen molar-refractivity contribution in [3.63, 3.8) is 0 Å². The van der Waals surface area contributed by atoms with E-state index >= 15 is 0 Å². The minimum absolute atomic E-state index is 0.177. The number of anilines is 2. The van der Waals surface area contributed by atoms with Gasteiger partial charge in [0.15, 0.2) is 0 Å². The number of carbonyl (C=O) groups excluding carboxylic acids is 1. The van der Waals surface area contributed by atoms with Crippen LogP contribution in [0.25, 0.3) is 6.08 Å². The van der Waals surface area contributed by atoms with E-state index in [0.29, 0.717) is 29.5 Å². The molecule has 9 heteroatoms. The Bertz CT molecular complexity index is 1000. The Hall–Kier alpha value is -2.39. The fourth-order valence-corrected chi connectivity index (χ4v) is 4.43. The maximum atomic E-state index is 12.6. The zero-order valence-electron chi connectivity index (χ0n) is 17.3. The van der Waals surface area contributed by atoms with E-state index in [-0.39, 0.29) is 13.1 Å². The maximum Gasteiger partial charge on any atom is 0.239 e. The maximum absolute atomic E-state index is 12.6. The molecule has 0 atom stereocenters. The molecule has 1 saturated heterocycles. The van der Waals surface area contributed by atoms with Gasteiger partial charge in [0, 0.05) is 41.4 Å². The average molecular weight is 464 g/mol. The van der Waals surface area contributed by atoms with E-state index in [0.717, 1.165) is 28.5 Å². The molecule has 0 unspecified atom stereocenters. The Kier molecular flexibility index (Phi) is 8.09. The van der Waals surface area contributed by atoms with Crippen molar-refractivity contribution in [2.45, 2.75) is 6.92 Å². The number of hydrogen-bond acceptors (Lipinski definition) is 5. The molecule has 3 rings (SSSR count). The molecular weight excluding hydrogens is 438 g/mol. The number of amides is 1. The van der Waals surface area contributed by atoms with E-state index in [2.05, 4.69) is 10.2 Å². The summed E-state index contributed by atoms with van der Waals surface area (Å²) >= 11 is 5.84. The number of sulfonamides is 1. The van der Waals surface area contributed by atoms with Crippen molar-refractivity contribution in [1.82, 2.24) is 4.31 Å². The van der Waals surface area contributed by atoms with Crippen molar-refractivity contribution >= 4 is 45.0 Å². The molecule has 0 radical (unpaired) electrons. The molecule has 0 bridgehead atoms. The summed E-state index contributed by atoms with van der Waals surface area (Å²) in [5, 5.41) is 4.44. The average Bonchev–Trinajstić information content (AvgIpc) is 2.78. The van der Waals surface area contributed by atoms with Gasteiger partial charge in [-0.25, -0.2) is 8.42 Å². The Morgan fingerprint density at radius 1 is 1.13 bits per heavy atom. The van der Waals surface area contributed by atoms with Gasteiger partial charge in [-0.15, -0.1) is 0 Å². The number of hydrogen-bond donors (Lipinski definition) is 1. The van der Waals surface area contributed by atoms with E-state index in [4.69, 9.17) is 16.3 Å². The van der Waals surface area contributed by atoms with Crippen LogP contribution >= 0.6 is 11.6 Å². The Balaban J connectivity index is 1.58. The molecule has 1 aliphatic heterocycles. The number of nitrogens with one attached hydrogen (secondary N) is 1. The molecule has 1 fully saturated rings. The van der Waals surface area contributed by atoms with Gasteiger partial charge in [0.1, 0.15) is 0 Å². The molecule has 2 aromatic rings. The van der Waals surface area contributed by atoms with Gasteiger partial charge in [-0.1, -0.05) is 30.7 Å². The van der Waals surface area contributed by atoms with Crippen LogP contribution in [0.15, 0.2) is 53.9 Å². The smallest absolute Gasteiger partial charge is 0.239 e. The lowest BCUT2D eigenvalue weighted by molar-refractivity contribution is -0.116. The summed E-state index contributed by atoms with van der Waals surface area (Å²) in [6.45, 7) is 4.67. The number of morpholine rings is 1. The third-order valence-corrected chi connectivity index (χ3v) is 6.70. The molecule has 166 valence electrons. The molecule has 7 nitrogen and oxygen atoms in total. The first-order valence-electron chi connectivity index (χ1n) is 10.0. The molecule has 0 aliphatic carbocycles. The minimum Gasteiger partial charge on any atom is -0.378 e. The van der Waals surface area contributed by atoms with Crippen LogP contribution in [0.4, 0.5) is 11.4 Å². The number of carbonyl (C=O) groups is 1. The van der Waals surface area contributed by atoms with Crippen LogP contribution in [-0.4, -0.2) is 58.0 Å². The number of nitrogens with zero attached hydrogens (tertiary/aromatic N) is 2. The molecule has 1 heterocycles. The monoisotopic (exact) mass is 463 g/mol. The van der Waals surface area contributed by atoms with Crippen LogP contribution in [0.5, 0.6) is 0 Å². The second-order valence-electron chi connectivity index (χ2n) is 7.02. The van der Waals surface area contributed by atoms with Gasteiger partial charge < -0.3 is 15.0 Å². The molecule has 0 spiro atoms. The van der Waals surface area contributed by atoms with Crippen LogP contribution in [-0.2, 0) is 19.6 Å². The predicted octanol–water partition coefficient (Wildman–Crippen LogP) is 3.44. The van der Waals surface area contributed by atoms with Gasteiger partial charge in [-0.05, 0) is 48.0 Å². The van der Waals surface area contributed by atoms with Gasteiger partial charge in [0.25, 0.3) is 0 Å². The van der Waals surface area contributed by atoms with Gasteiger partial charge in [-0.2, -0.15) is 4.31 Å². The predicted molar refractivity (Wildman–Crippen MR) is 125 cm³/mol. The number of rotatable bonds is 8. The van der Waals surface area contributed by atoms with Gasteiger partial charge in [0.2, 0.25) is 15.9 Å². The first kappa shape index (κ1) is 23.3. The largest absolute Gasteiger partial charge is 0.378 e. The third-order valence-electron chi connectivity index (χ3n) is 4.86. The van der Waals surface area contributed by atoms with Gasteiger partial charge in [-0.3, -0.25) is 4.79 Å². The van der Waals surface area contributed by atoms with Crippen molar-refractivity contribution in [2.75, 3.05) is 49.6 Å². The highest BCUT2D eigenvalue weighted by Crippen LogP contribution is 2.19. The van der Waals surface area contributed by atoms with Crippen molar-refractivity contribution in [2.24, 2.45) is 0 Å². The summed E-state index contributed by atoms with van der Waals surface area (Å²) in [5.74, 6) is -0.399. The summed E-state index contributed by atoms with van der Waals surface area (Å²) in [6, 6.07) is 14.3. The fourth-order valence-electron chi connectivity index (χ4n) is 3.14. The number of halogens is 1. The lowest BCUT2D eigenvalue weighted by Crippen LogP contribution is -2.37. The second kappa shape index (κ2) is 10.8. The summed E-state index contributed by atoms with van der Waals surface area (Å²) in [7, 11) is -3.75. The SMILES string of the molecule is CCN(CC(=O)Nc1ccc(N2CCOCC2)cc1)S(=O)(=O)/C=C/c1ccc(Cl)cc1. The van der Waals surface area contributed by atoms with Crippen LogP contribution in [0.1, 0.15) is 12.5 Å². The standard InChI is InChI=1S/C22H26ClN3O4S/c1-2-26(31(28,29)16-11-18-3-5-19(23)6-4-18)17-22(27)24-20-7-9-21(10-8-20)25-12-14-30-15-13-25/h3-11,16H,2,12-15,17H2,1H3,(H,24,27)/b16-11+. The molecule has 0 aromatic heterocycles. The molecule has 2 aromatic carbocycles. The fraction of sp³-hybridized carbons (Fsp3) is 0.318. The quantitative estimate of drug-likeness (QED) is 0.648. The summed E-state index contributed by atoms with van der Waals surface area (Å²) in [6.07, 6.45) is 1.48. The highest BCUT2D eigenvalue weighted by molar-refractivity contribution is 7.92. The number of ether oxygens (including phenoxy) is 1. The molecule has 1 amide bonds. The van der Waals surface area contributed by atoms with Crippen molar-refractivity contribution in [3.05, 3.63) is 64.5 Å². The van der Waals surface area contributed by atoms with E-state index in [9.17, 15) is 13.2 Å². The van der Waals surface area contributed by atoms with Crippen molar-refractivity contribution in [1.29, 1.82) is 0 Å². The molecule has 1 N–H and O–H groups in total. The van der Waals surface area contributed by atoms with Gasteiger partial charge >= 0.3 is 0 Å². The molecule has 0 saturated carbocycles. The highest BCUT2D eigenvalue weighted by Gasteiger charge is 2.20. The lowest BCUT2D eigenvalue weighted by Gasteiger charge is -2.28. The summed E-state index contributed by atoms with van der Waals surface area (Å²) in [5.41, 5.74) is 2.38. The Morgan fingerprint density at radius 2 is 1.77 bits per heavy atom. The first-order chi connectivity index (χ1) is 14.9. The van der Waals surface area contributed by atoms with E-state index in [1.54, 1.807) is 31.2 Å². The Labute approximate surface area is 188 Å². The lowest BCUT2D eigenvalue weighted by atomic mass is 10.2. The molecular formula is C22H26ClN3O4S. The van der Waals surface area contributed by atoms with Crippen LogP contribution in [0.3, 0.4) is 0 Å². The topological polar surface area (TPSA) is 79.0 Å². The zero-order valence-corrected chi connectivity index (χ0v) is 18.9. The van der Waals surface area contributed by atoms with Crippen molar-refractivity contribution in [3.8, 4) is 0 Å². The molecule has 1 aliphatic rings. The minimum atomic E-state index is -3.75. The van der Waals surface area contributed by atoms with E-state index in [1.165, 1.54) is 6.08 Å². The van der Waals surface area contributed by atoms with E-state index < -0.39 is 15.9 Å². The third kappa shape index (κ3) is 6.80. The second-order valence-corrected chi connectivity index (χ2v) is 9.27. The Morgan fingerprint density at radius 3 is 2.39 bits per heavy atom.